The van der Waals surface area contributed by atoms with Crippen molar-refractivity contribution in [1.82, 2.24) is 0 Å². The molecule has 19 heavy (non-hydrogen) atoms. The Kier molecular flexibility index (Phi) is 4.03. The summed E-state index contributed by atoms with van der Waals surface area (Å²) in [5.41, 5.74) is 0.136. The van der Waals surface area contributed by atoms with Gasteiger partial charge in [-0.05, 0) is 6.07 Å². The van der Waals surface area contributed by atoms with E-state index < -0.39 is 23.0 Å². The Morgan fingerprint density at radius 2 is 1.68 bits per heavy atom. The van der Waals surface area contributed by atoms with E-state index in [2.05, 4.69) is 4.74 Å². The maximum atomic E-state index is 13.2. The van der Waals surface area contributed by atoms with Crippen molar-refractivity contribution in [3.63, 3.8) is 0 Å². The average Bonchev–Trinajstić information content (AvgIpc) is 2.81. The average molecular weight is 345 g/mol. The van der Waals surface area contributed by atoms with E-state index in [1.165, 1.54) is 18.2 Å². The maximum absolute atomic E-state index is 13.2. The summed E-state index contributed by atoms with van der Waals surface area (Å²) in [7, 11) is 0. The molecule has 0 radical (unpaired) electrons. The first-order valence-corrected chi connectivity index (χ1v) is 6.06. The SMILES string of the molecule is FC(F)(Br)C(F)(F)Oc1ccccc1C1OCCO1. The van der Waals surface area contributed by atoms with E-state index in [4.69, 9.17) is 9.47 Å². The lowest BCUT2D eigenvalue weighted by Crippen LogP contribution is -2.40. The summed E-state index contributed by atoms with van der Waals surface area (Å²) in [4.78, 5) is -4.48. The molecular weight excluding hydrogens is 336 g/mol. The minimum Gasteiger partial charge on any atom is -0.427 e. The zero-order chi connectivity index (χ0) is 14.1. The quantitative estimate of drug-likeness (QED) is 0.615. The maximum Gasteiger partial charge on any atom is 0.475 e. The highest BCUT2D eigenvalue weighted by atomic mass is 79.9. The van der Waals surface area contributed by atoms with Gasteiger partial charge in [-0.2, -0.15) is 17.6 Å². The Hall–Kier alpha value is -0.860. The molecule has 8 heteroatoms. The zero-order valence-corrected chi connectivity index (χ0v) is 11.0. The molecular formula is C11H9BrF4O3. The highest BCUT2D eigenvalue weighted by Gasteiger charge is 2.58. The van der Waals surface area contributed by atoms with Gasteiger partial charge in [-0.3, -0.25) is 0 Å². The van der Waals surface area contributed by atoms with E-state index in [-0.39, 0.29) is 5.56 Å². The number of hydrogen-bond acceptors (Lipinski definition) is 3. The van der Waals surface area contributed by atoms with Crippen LogP contribution in [0.4, 0.5) is 17.6 Å². The van der Waals surface area contributed by atoms with Gasteiger partial charge in [0.25, 0.3) is 0 Å². The van der Waals surface area contributed by atoms with Gasteiger partial charge in [0, 0.05) is 21.5 Å². The second-order valence-corrected chi connectivity index (χ2v) is 4.72. The van der Waals surface area contributed by atoms with Crippen molar-refractivity contribution < 1.29 is 31.8 Å². The number of hydrogen-bond donors (Lipinski definition) is 0. The molecule has 0 aromatic heterocycles. The summed E-state index contributed by atoms with van der Waals surface area (Å²) in [6.45, 7) is 0.591. The molecule has 0 bridgehead atoms. The van der Waals surface area contributed by atoms with Crippen LogP contribution in [0.2, 0.25) is 0 Å². The summed E-state index contributed by atoms with van der Waals surface area (Å²) >= 11 is 1.59. The normalized spacial score (nSPS) is 17.7. The fourth-order valence-corrected chi connectivity index (χ4v) is 1.58. The van der Waals surface area contributed by atoms with Gasteiger partial charge in [0.15, 0.2) is 6.29 Å². The number of para-hydroxylation sites is 1. The minimum atomic E-state index is -4.69. The Labute approximate surface area is 114 Å². The van der Waals surface area contributed by atoms with Crippen LogP contribution < -0.4 is 4.74 Å². The fraction of sp³-hybridized carbons (Fsp3) is 0.455. The molecule has 0 saturated carbocycles. The van der Waals surface area contributed by atoms with Crippen LogP contribution >= 0.6 is 15.9 Å². The molecule has 1 heterocycles. The third-order valence-corrected chi connectivity index (χ3v) is 2.82. The molecule has 1 aromatic carbocycles. The first-order chi connectivity index (χ1) is 8.81. The molecule has 0 unspecified atom stereocenters. The molecule has 106 valence electrons. The van der Waals surface area contributed by atoms with Gasteiger partial charge in [-0.1, -0.05) is 18.2 Å². The molecule has 1 fully saturated rings. The van der Waals surface area contributed by atoms with Crippen LogP contribution in [0.5, 0.6) is 5.75 Å². The smallest absolute Gasteiger partial charge is 0.427 e. The topological polar surface area (TPSA) is 27.7 Å². The Bertz CT molecular complexity index is 444. The van der Waals surface area contributed by atoms with Crippen LogP contribution in [0, 0.1) is 0 Å². The van der Waals surface area contributed by atoms with Crippen molar-refractivity contribution in [3.05, 3.63) is 29.8 Å². The summed E-state index contributed by atoms with van der Waals surface area (Å²) in [6.07, 6.45) is -5.59. The Morgan fingerprint density at radius 1 is 1.11 bits per heavy atom. The van der Waals surface area contributed by atoms with Crippen molar-refractivity contribution in [2.75, 3.05) is 13.2 Å². The van der Waals surface area contributed by atoms with Crippen LogP contribution in [0.1, 0.15) is 11.9 Å². The predicted molar refractivity (Wildman–Crippen MR) is 60.5 cm³/mol. The van der Waals surface area contributed by atoms with Gasteiger partial charge in [0.05, 0.1) is 13.2 Å². The molecule has 2 rings (SSSR count). The highest BCUT2D eigenvalue weighted by Crippen LogP contribution is 2.42. The Morgan fingerprint density at radius 3 is 2.26 bits per heavy atom. The van der Waals surface area contributed by atoms with Crippen molar-refractivity contribution in [2.45, 2.75) is 17.2 Å². The van der Waals surface area contributed by atoms with Crippen molar-refractivity contribution in [2.24, 2.45) is 0 Å². The molecule has 0 amide bonds. The largest absolute Gasteiger partial charge is 0.475 e. The number of rotatable bonds is 4. The zero-order valence-electron chi connectivity index (χ0n) is 9.42. The first kappa shape index (κ1) is 14.5. The fourth-order valence-electron chi connectivity index (χ4n) is 1.50. The first-order valence-electron chi connectivity index (χ1n) is 5.27. The number of benzene rings is 1. The van der Waals surface area contributed by atoms with E-state index in [1.807, 2.05) is 0 Å². The lowest BCUT2D eigenvalue weighted by molar-refractivity contribution is -0.267. The van der Waals surface area contributed by atoms with E-state index in [0.717, 1.165) is 6.07 Å². The molecule has 1 aliphatic rings. The van der Waals surface area contributed by atoms with E-state index in [9.17, 15) is 17.6 Å². The third-order valence-electron chi connectivity index (χ3n) is 2.36. The summed E-state index contributed by atoms with van der Waals surface area (Å²) < 4.78 is 66.1. The van der Waals surface area contributed by atoms with E-state index >= 15 is 0 Å². The van der Waals surface area contributed by atoms with Gasteiger partial charge < -0.3 is 14.2 Å². The Balaban J connectivity index is 2.25. The standard InChI is InChI=1S/C11H9BrF4O3/c12-10(13,14)11(15,16)19-8-4-2-1-3-7(8)9-17-5-6-18-9/h1-4,9H,5-6H2. The third kappa shape index (κ3) is 3.18. The van der Waals surface area contributed by atoms with Crippen LogP contribution in [0.15, 0.2) is 24.3 Å². The molecule has 0 aliphatic carbocycles. The monoisotopic (exact) mass is 344 g/mol. The van der Waals surface area contributed by atoms with Crippen LogP contribution in [-0.4, -0.2) is 24.2 Å². The van der Waals surface area contributed by atoms with Crippen molar-refractivity contribution in [3.8, 4) is 5.75 Å². The molecule has 0 spiro atoms. The molecule has 0 N–H and O–H groups in total. The molecule has 0 atom stereocenters. The van der Waals surface area contributed by atoms with Gasteiger partial charge in [-0.15, -0.1) is 0 Å². The second-order valence-electron chi connectivity index (χ2n) is 3.73. The number of halogens is 5. The van der Waals surface area contributed by atoms with Gasteiger partial charge >= 0.3 is 10.9 Å². The summed E-state index contributed by atoms with van der Waals surface area (Å²) in [6, 6.07) is 5.48. The van der Waals surface area contributed by atoms with Crippen LogP contribution in [0.25, 0.3) is 0 Å². The minimum absolute atomic E-state index is 0.136. The lowest BCUT2D eigenvalue weighted by Gasteiger charge is -2.24. The molecule has 1 aromatic rings. The summed E-state index contributed by atoms with van der Waals surface area (Å²) in [5.74, 6) is -0.418. The van der Waals surface area contributed by atoms with Gasteiger partial charge in [0.1, 0.15) is 5.75 Å². The molecule has 3 nitrogen and oxygen atoms in total. The number of ether oxygens (including phenoxy) is 3. The lowest BCUT2D eigenvalue weighted by atomic mass is 10.2. The van der Waals surface area contributed by atoms with E-state index in [0.29, 0.717) is 13.2 Å². The summed E-state index contributed by atoms with van der Waals surface area (Å²) in [5, 5.41) is 0. The van der Waals surface area contributed by atoms with Crippen LogP contribution in [0.3, 0.4) is 0 Å². The van der Waals surface area contributed by atoms with Gasteiger partial charge in [0.2, 0.25) is 0 Å². The van der Waals surface area contributed by atoms with Crippen molar-refractivity contribution in [1.29, 1.82) is 0 Å². The second kappa shape index (κ2) is 5.26. The molecule has 1 saturated heterocycles. The predicted octanol–water partition coefficient (Wildman–Crippen LogP) is 3.69. The van der Waals surface area contributed by atoms with Crippen LogP contribution in [-0.2, 0) is 9.47 Å². The number of alkyl halides is 5. The van der Waals surface area contributed by atoms with Gasteiger partial charge in [-0.25, -0.2) is 0 Å². The van der Waals surface area contributed by atoms with E-state index in [1.54, 1.807) is 15.9 Å². The molecule has 1 aliphatic heterocycles. The van der Waals surface area contributed by atoms with Crippen molar-refractivity contribution >= 4 is 15.9 Å². The highest BCUT2D eigenvalue weighted by molar-refractivity contribution is 9.10.